The molecule has 0 N–H and O–H groups in total. The third-order valence-electron chi connectivity index (χ3n) is 3.68. The lowest BCUT2D eigenvalue weighted by Gasteiger charge is -2.15. The van der Waals surface area contributed by atoms with E-state index in [1.807, 2.05) is 0 Å². The molecule has 3 rings (SSSR count). The lowest BCUT2D eigenvalue weighted by molar-refractivity contribution is -0.117. The Morgan fingerprint density at radius 2 is 1.92 bits per heavy atom. The van der Waals surface area contributed by atoms with E-state index in [1.165, 1.54) is 0 Å². The molecular formula is C17H14ClNO4S. The second-order valence-electron chi connectivity index (χ2n) is 5.30. The monoisotopic (exact) mass is 363 g/mol. The highest BCUT2D eigenvalue weighted by Crippen LogP contribution is 2.23. The van der Waals surface area contributed by atoms with Crippen molar-refractivity contribution in [3.8, 4) is 0 Å². The van der Waals surface area contributed by atoms with Gasteiger partial charge in [0, 0.05) is 24.2 Å². The molecule has 0 bridgehead atoms. The van der Waals surface area contributed by atoms with E-state index >= 15 is 0 Å². The van der Waals surface area contributed by atoms with Gasteiger partial charge in [0.25, 0.3) is 0 Å². The maximum atomic E-state index is 12.1. The van der Waals surface area contributed by atoms with Crippen LogP contribution in [0, 0.1) is 0 Å². The number of carbonyl (C=O) groups is 3. The number of anilines is 1. The van der Waals surface area contributed by atoms with Crippen molar-refractivity contribution in [3.05, 3.63) is 51.2 Å². The summed E-state index contributed by atoms with van der Waals surface area (Å²) in [6, 6.07) is 9.90. The number of benzene rings is 1. The lowest BCUT2D eigenvalue weighted by Crippen LogP contribution is -2.23. The molecule has 0 saturated carbocycles. The van der Waals surface area contributed by atoms with Gasteiger partial charge in [0.1, 0.15) is 4.88 Å². The van der Waals surface area contributed by atoms with Gasteiger partial charge < -0.3 is 9.64 Å². The van der Waals surface area contributed by atoms with E-state index in [9.17, 15) is 14.4 Å². The van der Waals surface area contributed by atoms with Gasteiger partial charge >= 0.3 is 5.97 Å². The highest BCUT2D eigenvalue weighted by Gasteiger charge is 2.21. The van der Waals surface area contributed by atoms with Gasteiger partial charge in [-0.2, -0.15) is 0 Å². The highest BCUT2D eigenvalue weighted by molar-refractivity contribution is 7.17. The van der Waals surface area contributed by atoms with Crippen molar-refractivity contribution in [2.75, 3.05) is 18.1 Å². The van der Waals surface area contributed by atoms with Gasteiger partial charge in [-0.05, 0) is 42.8 Å². The number of ketones is 1. The van der Waals surface area contributed by atoms with Crippen LogP contribution in [0.2, 0.25) is 4.34 Å². The molecule has 1 aliphatic heterocycles. The molecule has 1 aromatic heterocycles. The van der Waals surface area contributed by atoms with E-state index < -0.39 is 5.97 Å². The highest BCUT2D eigenvalue weighted by atomic mass is 35.5. The summed E-state index contributed by atoms with van der Waals surface area (Å²) in [7, 11) is 0. The van der Waals surface area contributed by atoms with Gasteiger partial charge in [0.15, 0.2) is 12.4 Å². The number of thiophene rings is 1. The van der Waals surface area contributed by atoms with Gasteiger partial charge in [-0.15, -0.1) is 11.3 Å². The van der Waals surface area contributed by atoms with Crippen LogP contribution in [0.1, 0.15) is 32.9 Å². The molecular weight excluding hydrogens is 350 g/mol. The first-order valence-electron chi connectivity index (χ1n) is 7.41. The summed E-state index contributed by atoms with van der Waals surface area (Å²) < 4.78 is 5.49. The van der Waals surface area contributed by atoms with Crippen molar-refractivity contribution in [1.29, 1.82) is 0 Å². The van der Waals surface area contributed by atoms with E-state index in [4.69, 9.17) is 16.3 Å². The summed E-state index contributed by atoms with van der Waals surface area (Å²) in [6.45, 7) is 0.365. The average molecular weight is 364 g/mol. The molecule has 5 nitrogen and oxygen atoms in total. The zero-order valence-electron chi connectivity index (χ0n) is 12.7. The normalized spacial score (nSPS) is 14.0. The fourth-order valence-corrected chi connectivity index (χ4v) is 3.39. The van der Waals surface area contributed by atoms with Crippen LogP contribution in [0.25, 0.3) is 0 Å². The molecule has 0 atom stereocenters. The fourth-order valence-electron chi connectivity index (χ4n) is 2.46. The van der Waals surface area contributed by atoms with Crippen LogP contribution < -0.4 is 4.90 Å². The first-order valence-corrected chi connectivity index (χ1v) is 8.60. The number of amides is 1. The van der Waals surface area contributed by atoms with Gasteiger partial charge in [-0.1, -0.05) is 11.6 Å². The van der Waals surface area contributed by atoms with E-state index in [-0.39, 0.29) is 18.3 Å². The van der Waals surface area contributed by atoms with E-state index in [2.05, 4.69) is 0 Å². The van der Waals surface area contributed by atoms with Gasteiger partial charge in [-0.3, -0.25) is 9.59 Å². The summed E-state index contributed by atoms with van der Waals surface area (Å²) in [5, 5.41) is 0. The predicted molar refractivity (Wildman–Crippen MR) is 92.0 cm³/mol. The molecule has 2 aromatic rings. The molecule has 124 valence electrons. The Kier molecular flexibility index (Phi) is 4.97. The second-order valence-corrected chi connectivity index (χ2v) is 7.01. The number of hydrogen-bond acceptors (Lipinski definition) is 5. The molecule has 1 saturated heterocycles. The summed E-state index contributed by atoms with van der Waals surface area (Å²) >= 11 is 6.86. The topological polar surface area (TPSA) is 63.7 Å². The number of rotatable bonds is 5. The molecule has 2 heterocycles. The zero-order valence-corrected chi connectivity index (χ0v) is 14.2. The number of ether oxygens (including phenoxy) is 1. The van der Waals surface area contributed by atoms with Crippen LogP contribution in [0.15, 0.2) is 36.4 Å². The van der Waals surface area contributed by atoms with Crippen LogP contribution in [-0.4, -0.2) is 30.8 Å². The standard InChI is InChI=1S/C17H14ClNO4S/c18-15-8-7-14(24-15)17(22)23-10-13(20)11-3-5-12(6-4-11)19-9-1-2-16(19)21/h3-8H,1-2,9-10H2. The zero-order chi connectivity index (χ0) is 17.1. The maximum Gasteiger partial charge on any atom is 0.348 e. The fraction of sp³-hybridized carbons (Fsp3) is 0.235. The molecule has 1 fully saturated rings. The smallest absolute Gasteiger partial charge is 0.348 e. The molecule has 0 unspecified atom stereocenters. The lowest BCUT2D eigenvalue weighted by atomic mass is 10.1. The van der Waals surface area contributed by atoms with Crippen molar-refractivity contribution in [3.63, 3.8) is 0 Å². The Morgan fingerprint density at radius 1 is 1.17 bits per heavy atom. The Bertz CT molecular complexity index is 784. The van der Waals surface area contributed by atoms with Crippen molar-refractivity contribution in [2.45, 2.75) is 12.8 Å². The number of esters is 1. The molecule has 0 spiro atoms. The molecule has 0 radical (unpaired) electrons. The molecule has 1 aliphatic rings. The molecule has 1 amide bonds. The van der Waals surface area contributed by atoms with Crippen LogP contribution in [0.4, 0.5) is 5.69 Å². The summed E-state index contributed by atoms with van der Waals surface area (Å²) in [5.74, 6) is -0.776. The van der Waals surface area contributed by atoms with Crippen molar-refractivity contribution >= 4 is 46.3 Å². The molecule has 7 heteroatoms. The largest absolute Gasteiger partial charge is 0.453 e. The number of carbonyl (C=O) groups excluding carboxylic acids is 3. The summed E-state index contributed by atoms with van der Waals surface area (Å²) in [5.41, 5.74) is 1.21. The van der Waals surface area contributed by atoms with Crippen LogP contribution in [-0.2, 0) is 9.53 Å². The Labute approximate surface area is 147 Å². The molecule has 0 aliphatic carbocycles. The van der Waals surface area contributed by atoms with Gasteiger partial charge in [0.2, 0.25) is 5.91 Å². The van der Waals surface area contributed by atoms with E-state index in [1.54, 1.807) is 41.3 Å². The van der Waals surface area contributed by atoms with E-state index in [0.29, 0.717) is 27.7 Å². The number of halogens is 1. The quantitative estimate of drug-likeness (QED) is 0.601. The SMILES string of the molecule is O=C(COC(=O)c1ccc(Cl)s1)c1ccc(N2CCCC2=O)cc1. The van der Waals surface area contributed by atoms with Crippen LogP contribution >= 0.6 is 22.9 Å². The molecule has 24 heavy (non-hydrogen) atoms. The Balaban J connectivity index is 1.59. The number of nitrogens with zero attached hydrogens (tertiary/aromatic N) is 1. The number of hydrogen-bond donors (Lipinski definition) is 0. The average Bonchev–Trinajstić information content (AvgIpc) is 3.21. The second kappa shape index (κ2) is 7.15. The minimum atomic E-state index is -0.570. The van der Waals surface area contributed by atoms with Crippen molar-refractivity contribution < 1.29 is 19.1 Å². The van der Waals surface area contributed by atoms with Crippen LogP contribution in [0.3, 0.4) is 0 Å². The minimum absolute atomic E-state index is 0.0950. The summed E-state index contributed by atoms with van der Waals surface area (Å²) in [4.78, 5) is 37.7. The van der Waals surface area contributed by atoms with Crippen molar-refractivity contribution in [1.82, 2.24) is 0 Å². The first kappa shape index (κ1) is 16.7. The Hall–Kier alpha value is -2.18. The van der Waals surface area contributed by atoms with Gasteiger partial charge in [-0.25, -0.2) is 4.79 Å². The third kappa shape index (κ3) is 3.66. The maximum absolute atomic E-state index is 12.1. The first-order chi connectivity index (χ1) is 11.5. The molecule has 1 aromatic carbocycles. The summed E-state index contributed by atoms with van der Waals surface area (Å²) in [6.07, 6.45) is 1.41. The minimum Gasteiger partial charge on any atom is -0.453 e. The van der Waals surface area contributed by atoms with Crippen LogP contribution in [0.5, 0.6) is 0 Å². The third-order valence-corrected chi connectivity index (χ3v) is 4.89. The van der Waals surface area contributed by atoms with E-state index in [0.717, 1.165) is 23.4 Å². The van der Waals surface area contributed by atoms with Crippen molar-refractivity contribution in [2.24, 2.45) is 0 Å². The predicted octanol–water partition coefficient (Wildman–Crippen LogP) is 3.57. The number of Topliss-reactive ketones (excluding diaryl/α,β-unsaturated/α-hetero) is 1. The van der Waals surface area contributed by atoms with Gasteiger partial charge in [0.05, 0.1) is 4.34 Å². The Morgan fingerprint density at radius 3 is 2.50 bits per heavy atom.